The number of halogens is 1. The summed E-state index contributed by atoms with van der Waals surface area (Å²) in [6, 6.07) is 4.27. The molecular formula is C16H20FNO2. The second-order valence-electron chi connectivity index (χ2n) is 5.06. The molecule has 0 radical (unpaired) electrons. The van der Waals surface area contributed by atoms with Gasteiger partial charge >= 0.3 is 0 Å². The number of nitrogens with zero attached hydrogens (tertiary/aromatic N) is 1. The zero-order chi connectivity index (χ0) is 15.3. The van der Waals surface area contributed by atoms with E-state index in [0.717, 1.165) is 0 Å². The third-order valence-electron chi connectivity index (χ3n) is 3.41. The highest BCUT2D eigenvalue weighted by molar-refractivity contribution is 5.94. The Kier molecular flexibility index (Phi) is 5.72. The Labute approximate surface area is 119 Å². The molecule has 0 aliphatic rings. The van der Waals surface area contributed by atoms with Gasteiger partial charge in [0.25, 0.3) is 5.91 Å². The lowest BCUT2D eigenvalue weighted by Gasteiger charge is -2.28. The first-order valence-electron chi connectivity index (χ1n) is 6.55. The summed E-state index contributed by atoms with van der Waals surface area (Å²) in [5, 5.41) is 8.59. The Balaban J connectivity index is 2.98. The van der Waals surface area contributed by atoms with Crippen molar-refractivity contribution in [2.75, 3.05) is 13.7 Å². The van der Waals surface area contributed by atoms with Crippen LogP contribution in [0.3, 0.4) is 0 Å². The summed E-state index contributed by atoms with van der Waals surface area (Å²) in [5.74, 6) is 4.43. The fourth-order valence-electron chi connectivity index (χ4n) is 1.72. The molecule has 1 unspecified atom stereocenters. The van der Waals surface area contributed by atoms with Crippen LogP contribution in [0.4, 0.5) is 4.39 Å². The summed E-state index contributed by atoms with van der Waals surface area (Å²) in [4.78, 5) is 13.9. The first-order valence-corrected chi connectivity index (χ1v) is 6.55. The topological polar surface area (TPSA) is 40.5 Å². The minimum atomic E-state index is -0.553. The van der Waals surface area contributed by atoms with Gasteiger partial charge in [0.2, 0.25) is 0 Å². The Morgan fingerprint density at radius 1 is 1.40 bits per heavy atom. The number of hydrogen-bond acceptors (Lipinski definition) is 2. The maximum Gasteiger partial charge on any atom is 0.253 e. The fourth-order valence-corrected chi connectivity index (χ4v) is 1.72. The number of aliphatic hydroxyl groups excluding tert-OH is 1. The van der Waals surface area contributed by atoms with Crippen molar-refractivity contribution in [2.24, 2.45) is 5.92 Å². The lowest BCUT2D eigenvalue weighted by Crippen LogP contribution is -2.38. The zero-order valence-electron chi connectivity index (χ0n) is 12.3. The number of rotatable bonds is 3. The molecule has 4 heteroatoms. The monoisotopic (exact) mass is 277 g/mol. The van der Waals surface area contributed by atoms with Gasteiger partial charge in [-0.05, 0) is 31.0 Å². The van der Waals surface area contributed by atoms with Crippen LogP contribution in [-0.4, -0.2) is 35.6 Å². The van der Waals surface area contributed by atoms with E-state index in [4.69, 9.17) is 5.11 Å². The minimum Gasteiger partial charge on any atom is -0.384 e. The predicted molar refractivity (Wildman–Crippen MR) is 76.8 cm³/mol. The number of benzene rings is 1. The van der Waals surface area contributed by atoms with Gasteiger partial charge in [-0.3, -0.25) is 4.79 Å². The SMILES string of the molecule is CC(C)C(C)N(C)C(=O)c1ccc(C#CCO)c(F)c1. The summed E-state index contributed by atoms with van der Waals surface area (Å²) < 4.78 is 13.8. The summed E-state index contributed by atoms with van der Waals surface area (Å²) in [6.07, 6.45) is 0. The maximum atomic E-state index is 13.8. The van der Waals surface area contributed by atoms with Crippen LogP contribution in [0.15, 0.2) is 18.2 Å². The van der Waals surface area contributed by atoms with Crippen LogP contribution in [0.1, 0.15) is 36.7 Å². The van der Waals surface area contributed by atoms with E-state index in [-0.39, 0.29) is 24.1 Å². The molecule has 1 atom stereocenters. The van der Waals surface area contributed by atoms with Crippen LogP contribution >= 0.6 is 0 Å². The quantitative estimate of drug-likeness (QED) is 0.861. The summed E-state index contributed by atoms with van der Waals surface area (Å²) >= 11 is 0. The van der Waals surface area contributed by atoms with Crippen molar-refractivity contribution in [3.63, 3.8) is 0 Å². The highest BCUT2D eigenvalue weighted by atomic mass is 19.1. The van der Waals surface area contributed by atoms with E-state index in [2.05, 4.69) is 11.8 Å². The van der Waals surface area contributed by atoms with Crippen molar-refractivity contribution in [3.05, 3.63) is 35.1 Å². The molecular weight excluding hydrogens is 257 g/mol. The average molecular weight is 277 g/mol. The first-order chi connectivity index (χ1) is 9.38. The molecule has 0 spiro atoms. The smallest absolute Gasteiger partial charge is 0.253 e. The predicted octanol–water partition coefficient (Wildman–Crippen LogP) is 2.29. The molecule has 0 saturated heterocycles. The van der Waals surface area contributed by atoms with Crippen molar-refractivity contribution in [1.82, 2.24) is 4.90 Å². The molecule has 0 aromatic heterocycles. The lowest BCUT2D eigenvalue weighted by molar-refractivity contribution is 0.0706. The number of carbonyl (C=O) groups excluding carboxylic acids is 1. The molecule has 0 aliphatic heterocycles. The Bertz CT molecular complexity index is 543. The zero-order valence-corrected chi connectivity index (χ0v) is 12.3. The van der Waals surface area contributed by atoms with Crippen molar-refractivity contribution >= 4 is 5.91 Å². The molecule has 1 N–H and O–H groups in total. The van der Waals surface area contributed by atoms with E-state index < -0.39 is 5.82 Å². The highest BCUT2D eigenvalue weighted by Crippen LogP contribution is 2.15. The first kappa shape index (κ1) is 16.2. The van der Waals surface area contributed by atoms with Gasteiger partial charge in [0.05, 0.1) is 5.56 Å². The maximum absolute atomic E-state index is 13.8. The second-order valence-corrected chi connectivity index (χ2v) is 5.06. The fraction of sp³-hybridized carbons (Fsp3) is 0.438. The highest BCUT2D eigenvalue weighted by Gasteiger charge is 2.20. The molecule has 0 fully saturated rings. The lowest BCUT2D eigenvalue weighted by atomic mass is 10.0. The standard InChI is InChI=1S/C16H20FNO2/c1-11(2)12(3)18(4)16(20)14-8-7-13(6-5-9-19)15(17)10-14/h7-8,10-12,19H,9H2,1-4H3. The average Bonchev–Trinajstić information content (AvgIpc) is 2.43. The Morgan fingerprint density at radius 3 is 2.55 bits per heavy atom. The van der Waals surface area contributed by atoms with E-state index in [0.29, 0.717) is 11.5 Å². The van der Waals surface area contributed by atoms with Crippen LogP contribution in [-0.2, 0) is 0 Å². The molecule has 1 rings (SSSR count). The largest absolute Gasteiger partial charge is 0.384 e. The van der Waals surface area contributed by atoms with Crippen molar-refractivity contribution in [2.45, 2.75) is 26.8 Å². The van der Waals surface area contributed by atoms with Crippen molar-refractivity contribution in [1.29, 1.82) is 0 Å². The van der Waals surface area contributed by atoms with E-state index in [1.54, 1.807) is 18.0 Å². The molecule has 1 aromatic carbocycles. The van der Waals surface area contributed by atoms with Crippen LogP contribution in [0.2, 0.25) is 0 Å². The molecule has 3 nitrogen and oxygen atoms in total. The van der Waals surface area contributed by atoms with Crippen LogP contribution in [0.5, 0.6) is 0 Å². The number of amides is 1. The minimum absolute atomic E-state index is 0.0689. The molecule has 0 heterocycles. The summed E-state index contributed by atoms with van der Waals surface area (Å²) in [5.41, 5.74) is 0.474. The molecule has 1 amide bonds. The normalized spacial score (nSPS) is 11.8. The Morgan fingerprint density at radius 2 is 2.05 bits per heavy atom. The molecule has 1 aromatic rings. The molecule has 108 valence electrons. The van der Waals surface area contributed by atoms with Crippen molar-refractivity contribution in [3.8, 4) is 11.8 Å². The summed E-state index contributed by atoms with van der Waals surface area (Å²) in [7, 11) is 1.71. The number of carbonyl (C=O) groups is 1. The van der Waals surface area contributed by atoms with Crippen molar-refractivity contribution < 1.29 is 14.3 Å². The van der Waals surface area contributed by atoms with E-state index in [1.165, 1.54) is 12.1 Å². The number of hydrogen-bond donors (Lipinski definition) is 1. The molecule has 0 bridgehead atoms. The van der Waals surface area contributed by atoms with Crippen LogP contribution < -0.4 is 0 Å². The van der Waals surface area contributed by atoms with E-state index in [1.807, 2.05) is 20.8 Å². The van der Waals surface area contributed by atoms with Gasteiger partial charge in [0, 0.05) is 18.7 Å². The van der Waals surface area contributed by atoms with Gasteiger partial charge in [-0.15, -0.1) is 0 Å². The van der Waals surface area contributed by atoms with Gasteiger partial charge < -0.3 is 10.0 Å². The third-order valence-corrected chi connectivity index (χ3v) is 3.41. The number of aliphatic hydroxyl groups is 1. The summed E-state index contributed by atoms with van der Waals surface area (Å²) in [6.45, 7) is 5.69. The molecule has 0 saturated carbocycles. The second kappa shape index (κ2) is 7.06. The van der Waals surface area contributed by atoms with E-state index >= 15 is 0 Å². The van der Waals surface area contributed by atoms with Gasteiger partial charge in [-0.25, -0.2) is 4.39 Å². The van der Waals surface area contributed by atoms with E-state index in [9.17, 15) is 9.18 Å². The third kappa shape index (κ3) is 3.82. The van der Waals surface area contributed by atoms with Gasteiger partial charge in [-0.1, -0.05) is 25.7 Å². The van der Waals surface area contributed by atoms with Crippen LogP contribution in [0, 0.1) is 23.6 Å². The Hall–Kier alpha value is -1.86. The molecule has 20 heavy (non-hydrogen) atoms. The van der Waals surface area contributed by atoms with Gasteiger partial charge in [0.1, 0.15) is 12.4 Å². The van der Waals surface area contributed by atoms with Gasteiger partial charge in [-0.2, -0.15) is 0 Å². The van der Waals surface area contributed by atoms with Crippen LogP contribution in [0.25, 0.3) is 0 Å². The van der Waals surface area contributed by atoms with Gasteiger partial charge in [0.15, 0.2) is 0 Å². The molecule has 0 aliphatic carbocycles.